The van der Waals surface area contributed by atoms with Gasteiger partial charge in [0.05, 0.1) is 0 Å². The lowest BCUT2D eigenvalue weighted by Crippen LogP contribution is -1.98. The van der Waals surface area contributed by atoms with E-state index in [-0.39, 0.29) is 11.7 Å². The summed E-state index contributed by atoms with van der Waals surface area (Å²) in [6.45, 7) is 4.03. The average Bonchev–Trinajstić information content (AvgIpc) is 2.54. The van der Waals surface area contributed by atoms with E-state index in [2.05, 4.69) is 0 Å². The zero-order valence-electron chi connectivity index (χ0n) is 14.1. The van der Waals surface area contributed by atoms with Crippen LogP contribution in [0.1, 0.15) is 35.1 Å². The minimum absolute atomic E-state index is 0.213. The number of hydrogen-bond acceptors (Lipinski definition) is 2. The summed E-state index contributed by atoms with van der Waals surface area (Å²) >= 11 is 5.24. The smallest absolute Gasteiger partial charge is 0.303 e. The Morgan fingerprint density at radius 2 is 1.25 bits per heavy atom. The number of aryl methyl sites for hydroxylation is 4. The molecule has 0 saturated carbocycles. The first-order valence-electron chi connectivity index (χ1n) is 7.89. The van der Waals surface area contributed by atoms with Crippen molar-refractivity contribution in [1.82, 2.24) is 0 Å². The summed E-state index contributed by atoms with van der Waals surface area (Å²) in [7, 11) is 0. The van der Waals surface area contributed by atoms with E-state index in [0.717, 1.165) is 12.0 Å². The number of carbonyl (C=O) groups excluding carboxylic acids is 1. The van der Waals surface area contributed by atoms with Gasteiger partial charge in [-0.3, -0.25) is 9.59 Å². The van der Waals surface area contributed by atoms with Crippen LogP contribution < -0.4 is 0 Å². The van der Waals surface area contributed by atoms with Crippen LogP contribution in [0.3, 0.4) is 0 Å². The van der Waals surface area contributed by atoms with E-state index < -0.39 is 5.97 Å². The molecular weight excluding hydrogens is 324 g/mol. The third-order valence-electron chi connectivity index (χ3n) is 3.72. The summed E-state index contributed by atoms with van der Waals surface area (Å²) < 4.78 is 0. The van der Waals surface area contributed by atoms with Crippen LogP contribution in [0.5, 0.6) is 0 Å². The fourth-order valence-corrected chi connectivity index (χ4v) is 2.35. The van der Waals surface area contributed by atoms with Gasteiger partial charge in [0.25, 0.3) is 0 Å². The minimum Gasteiger partial charge on any atom is -0.481 e. The Balaban J connectivity index is 0.000000240. The number of rotatable bonds is 6. The average molecular weight is 347 g/mol. The molecule has 2 aromatic rings. The largest absolute Gasteiger partial charge is 0.481 e. The van der Waals surface area contributed by atoms with Gasteiger partial charge in [-0.2, -0.15) is 0 Å². The van der Waals surface area contributed by atoms with E-state index >= 15 is 0 Å². The second-order valence-electron chi connectivity index (χ2n) is 5.60. The van der Waals surface area contributed by atoms with Crippen LogP contribution in [0, 0.1) is 13.8 Å². The van der Waals surface area contributed by atoms with Crippen molar-refractivity contribution in [2.75, 3.05) is 0 Å². The van der Waals surface area contributed by atoms with Crippen molar-refractivity contribution in [3.63, 3.8) is 0 Å². The zero-order chi connectivity index (χ0) is 17.9. The highest BCUT2D eigenvalue weighted by molar-refractivity contribution is 6.63. The Morgan fingerprint density at radius 1 is 0.833 bits per heavy atom. The van der Waals surface area contributed by atoms with Crippen molar-refractivity contribution in [2.45, 2.75) is 39.5 Å². The Hall–Kier alpha value is -2.13. The lowest BCUT2D eigenvalue weighted by atomic mass is 10.0. The van der Waals surface area contributed by atoms with Crippen molar-refractivity contribution >= 4 is 22.8 Å². The van der Waals surface area contributed by atoms with E-state index in [1.165, 1.54) is 16.7 Å². The van der Waals surface area contributed by atoms with Crippen LogP contribution >= 0.6 is 11.6 Å². The van der Waals surface area contributed by atoms with Crippen LogP contribution in [0.25, 0.3) is 0 Å². The second kappa shape index (κ2) is 10.6. The molecule has 0 atom stereocenters. The minimum atomic E-state index is -0.738. The molecule has 0 saturated heterocycles. The zero-order valence-corrected chi connectivity index (χ0v) is 14.8. The summed E-state index contributed by atoms with van der Waals surface area (Å²) in [6, 6.07) is 15.9. The number of hydrogen-bond donors (Lipinski definition) is 1. The van der Waals surface area contributed by atoms with Gasteiger partial charge in [-0.05, 0) is 60.5 Å². The fraction of sp³-hybridized carbons (Fsp3) is 0.300. The van der Waals surface area contributed by atoms with Gasteiger partial charge in [0, 0.05) is 12.8 Å². The highest BCUT2D eigenvalue weighted by Crippen LogP contribution is 2.10. The van der Waals surface area contributed by atoms with Crippen molar-refractivity contribution in [1.29, 1.82) is 0 Å². The molecule has 1 N–H and O–H groups in total. The third kappa shape index (κ3) is 7.93. The molecule has 0 amide bonds. The molecule has 0 aliphatic rings. The molecular formula is C20H23ClO3. The molecule has 2 rings (SSSR count). The molecule has 2 aromatic carbocycles. The lowest BCUT2D eigenvalue weighted by molar-refractivity contribution is -0.137. The number of halogens is 1. The highest BCUT2D eigenvalue weighted by Gasteiger charge is 2.01. The van der Waals surface area contributed by atoms with E-state index in [0.29, 0.717) is 12.8 Å². The normalized spacial score (nSPS) is 9.79. The van der Waals surface area contributed by atoms with Gasteiger partial charge < -0.3 is 5.11 Å². The van der Waals surface area contributed by atoms with Crippen molar-refractivity contribution < 1.29 is 14.7 Å². The molecule has 0 heterocycles. The summed E-state index contributed by atoms with van der Waals surface area (Å²) in [5, 5.41) is 8.20. The Bertz CT molecular complexity index is 621. The molecule has 0 unspecified atom stereocenters. The quantitative estimate of drug-likeness (QED) is 0.771. The fourth-order valence-electron chi connectivity index (χ4n) is 2.26. The summed E-state index contributed by atoms with van der Waals surface area (Å²) in [5.41, 5.74) is 4.71. The first-order valence-corrected chi connectivity index (χ1v) is 8.27. The SMILES string of the molecule is Cc1ccccc1CCC(=O)Cl.Cc1ccccc1CCC(=O)O. The predicted molar refractivity (Wildman–Crippen MR) is 97.5 cm³/mol. The van der Waals surface area contributed by atoms with Crippen LogP contribution in [-0.2, 0) is 22.4 Å². The van der Waals surface area contributed by atoms with Gasteiger partial charge in [0.15, 0.2) is 0 Å². The molecule has 0 aliphatic heterocycles. The first kappa shape index (κ1) is 19.9. The van der Waals surface area contributed by atoms with Crippen LogP contribution in [-0.4, -0.2) is 16.3 Å². The summed E-state index contributed by atoms with van der Waals surface area (Å²) in [5.74, 6) is -0.738. The monoisotopic (exact) mass is 346 g/mol. The number of carboxylic acids is 1. The van der Waals surface area contributed by atoms with Gasteiger partial charge in [0.2, 0.25) is 5.24 Å². The lowest BCUT2D eigenvalue weighted by Gasteiger charge is -2.01. The number of carbonyl (C=O) groups is 2. The highest BCUT2D eigenvalue weighted by atomic mass is 35.5. The van der Waals surface area contributed by atoms with Gasteiger partial charge in [-0.15, -0.1) is 0 Å². The van der Waals surface area contributed by atoms with Gasteiger partial charge in [0.1, 0.15) is 0 Å². The molecule has 0 aromatic heterocycles. The second-order valence-corrected chi connectivity index (χ2v) is 6.02. The molecule has 0 spiro atoms. The van der Waals surface area contributed by atoms with Crippen LogP contribution in [0.2, 0.25) is 0 Å². The molecule has 4 heteroatoms. The van der Waals surface area contributed by atoms with Gasteiger partial charge in [-0.1, -0.05) is 48.5 Å². The van der Waals surface area contributed by atoms with Crippen LogP contribution in [0.15, 0.2) is 48.5 Å². The topological polar surface area (TPSA) is 54.4 Å². The van der Waals surface area contributed by atoms with Crippen LogP contribution in [0.4, 0.5) is 0 Å². The van der Waals surface area contributed by atoms with Crippen molar-refractivity contribution in [3.8, 4) is 0 Å². The molecule has 24 heavy (non-hydrogen) atoms. The van der Waals surface area contributed by atoms with Gasteiger partial charge in [-0.25, -0.2) is 0 Å². The maximum absolute atomic E-state index is 10.5. The van der Waals surface area contributed by atoms with E-state index in [1.807, 2.05) is 62.4 Å². The number of benzene rings is 2. The molecule has 0 aliphatic carbocycles. The molecule has 0 radical (unpaired) electrons. The van der Waals surface area contributed by atoms with E-state index in [4.69, 9.17) is 16.7 Å². The predicted octanol–water partition coefficient (Wildman–Crippen LogP) is 4.71. The molecule has 128 valence electrons. The maximum Gasteiger partial charge on any atom is 0.303 e. The Labute approximate surface area is 148 Å². The third-order valence-corrected chi connectivity index (χ3v) is 3.91. The standard InChI is InChI=1S/C10H11ClO.C10H12O2/c2*1-8-4-2-3-5-9(8)6-7-10(11)12/h2-5H,6-7H2,1H3;2-5H,6-7H2,1H3,(H,11,12). The Morgan fingerprint density at radius 3 is 1.62 bits per heavy atom. The number of aliphatic carboxylic acids is 1. The summed E-state index contributed by atoms with van der Waals surface area (Å²) in [6.07, 6.45) is 2.01. The summed E-state index contributed by atoms with van der Waals surface area (Å²) in [4.78, 5) is 20.8. The van der Waals surface area contributed by atoms with E-state index in [1.54, 1.807) is 0 Å². The molecule has 0 fully saturated rings. The van der Waals surface area contributed by atoms with Gasteiger partial charge >= 0.3 is 5.97 Å². The molecule has 3 nitrogen and oxygen atoms in total. The number of carboxylic acid groups (broad SMARTS) is 1. The first-order chi connectivity index (χ1) is 11.4. The Kier molecular flexibility index (Phi) is 8.80. The molecule has 0 bridgehead atoms. The van der Waals surface area contributed by atoms with E-state index in [9.17, 15) is 9.59 Å². The van der Waals surface area contributed by atoms with Crippen molar-refractivity contribution in [3.05, 3.63) is 70.8 Å². The van der Waals surface area contributed by atoms with Crippen molar-refractivity contribution in [2.24, 2.45) is 0 Å². The maximum atomic E-state index is 10.5.